The SMILES string of the molecule is Cc1ccc(OCCOc2ccsc2C(=O)O)cc1. The van der Waals surface area contributed by atoms with E-state index in [0.717, 1.165) is 17.1 Å². The minimum absolute atomic E-state index is 0.218. The fourth-order valence-electron chi connectivity index (χ4n) is 1.51. The van der Waals surface area contributed by atoms with Crippen LogP contribution in [0.1, 0.15) is 15.2 Å². The number of hydrogen-bond donors (Lipinski definition) is 1. The second-order valence-corrected chi connectivity index (χ2v) is 4.85. The van der Waals surface area contributed by atoms with Crippen molar-refractivity contribution in [3.63, 3.8) is 0 Å². The van der Waals surface area contributed by atoms with Crippen LogP contribution in [-0.4, -0.2) is 24.3 Å². The van der Waals surface area contributed by atoms with E-state index in [1.54, 1.807) is 11.4 Å². The van der Waals surface area contributed by atoms with Gasteiger partial charge in [0.25, 0.3) is 0 Å². The largest absolute Gasteiger partial charge is 0.490 e. The summed E-state index contributed by atoms with van der Waals surface area (Å²) in [6.45, 7) is 2.69. The maximum atomic E-state index is 10.9. The third-order valence-electron chi connectivity index (χ3n) is 2.45. The molecule has 2 aromatic rings. The van der Waals surface area contributed by atoms with Crippen LogP contribution in [0.2, 0.25) is 0 Å². The molecule has 1 aromatic carbocycles. The molecule has 2 rings (SSSR count). The molecule has 0 aliphatic rings. The lowest BCUT2D eigenvalue weighted by molar-refractivity contribution is 0.0697. The van der Waals surface area contributed by atoms with Crippen LogP contribution >= 0.6 is 11.3 Å². The molecule has 19 heavy (non-hydrogen) atoms. The lowest BCUT2D eigenvalue weighted by Crippen LogP contribution is -2.10. The number of aryl methyl sites for hydroxylation is 1. The van der Waals surface area contributed by atoms with Gasteiger partial charge in [0.05, 0.1) is 0 Å². The Morgan fingerprint density at radius 3 is 2.53 bits per heavy atom. The van der Waals surface area contributed by atoms with Crippen LogP contribution in [0.5, 0.6) is 11.5 Å². The summed E-state index contributed by atoms with van der Waals surface area (Å²) in [6.07, 6.45) is 0. The molecule has 1 N–H and O–H groups in total. The zero-order chi connectivity index (χ0) is 13.7. The molecular formula is C14H14O4S. The maximum Gasteiger partial charge on any atom is 0.349 e. The number of carboxylic acids is 1. The number of carbonyl (C=O) groups is 1. The molecule has 0 aliphatic heterocycles. The second kappa shape index (κ2) is 6.24. The number of benzene rings is 1. The molecule has 0 fully saturated rings. The Morgan fingerprint density at radius 2 is 1.84 bits per heavy atom. The molecule has 1 heterocycles. The van der Waals surface area contributed by atoms with Crippen LogP contribution in [0, 0.1) is 6.92 Å². The Bertz CT molecular complexity index is 545. The molecule has 0 saturated heterocycles. The highest BCUT2D eigenvalue weighted by Crippen LogP contribution is 2.24. The van der Waals surface area contributed by atoms with Crippen molar-refractivity contribution in [1.29, 1.82) is 0 Å². The summed E-state index contributed by atoms with van der Waals surface area (Å²) in [4.78, 5) is 11.1. The number of rotatable bonds is 6. The van der Waals surface area contributed by atoms with E-state index in [1.807, 2.05) is 31.2 Å². The van der Waals surface area contributed by atoms with Gasteiger partial charge in [0, 0.05) is 0 Å². The van der Waals surface area contributed by atoms with Crippen molar-refractivity contribution in [3.05, 3.63) is 46.2 Å². The molecule has 1 aromatic heterocycles. The summed E-state index contributed by atoms with van der Waals surface area (Å²) in [5.41, 5.74) is 1.17. The number of thiophene rings is 1. The summed E-state index contributed by atoms with van der Waals surface area (Å²) in [5.74, 6) is 0.201. The molecule has 0 spiro atoms. The standard InChI is InChI=1S/C14H14O4S/c1-10-2-4-11(5-3-10)17-7-8-18-12-6-9-19-13(12)14(15)16/h2-6,9H,7-8H2,1H3,(H,15,16). The Morgan fingerprint density at radius 1 is 1.16 bits per heavy atom. The fourth-order valence-corrected chi connectivity index (χ4v) is 2.18. The Balaban J connectivity index is 1.79. The highest BCUT2D eigenvalue weighted by molar-refractivity contribution is 7.12. The minimum atomic E-state index is -0.968. The Labute approximate surface area is 115 Å². The highest BCUT2D eigenvalue weighted by atomic mass is 32.1. The van der Waals surface area contributed by atoms with E-state index in [1.165, 1.54) is 5.56 Å². The maximum absolute atomic E-state index is 10.9. The van der Waals surface area contributed by atoms with Crippen LogP contribution in [0.4, 0.5) is 0 Å². The lowest BCUT2D eigenvalue weighted by atomic mass is 10.2. The first-order valence-electron chi connectivity index (χ1n) is 5.80. The van der Waals surface area contributed by atoms with Gasteiger partial charge in [-0.25, -0.2) is 4.79 Å². The van der Waals surface area contributed by atoms with Gasteiger partial charge in [-0.1, -0.05) is 17.7 Å². The molecule has 5 heteroatoms. The first-order chi connectivity index (χ1) is 9.16. The summed E-state index contributed by atoms with van der Waals surface area (Å²) < 4.78 is 10.9. The monoisotopic (exact) mass is 278 g/mol. The van der Waals surface area contributed by atoms with Gasteiger partial charge in [0.1, 0.15) is 24.7 Å². The van der Waals surface area contributed by atoms with E-state index in [2.05, 4.69) is 0 Å². The smallest absolute Gasteiger partial charge is 0.349 e. The second-order valence-electron chi connectivity index (χ2n) is 3.93. The summed E-state index contributed by atoms with van der Waals surface area (Å²) in [5, 5.41) is 10.6. The fraction of sp³-hybridized carbons (Fsp3) is 0.214. The molecule has 100 valence electrons. The van der Waals surface area contributed by atoms with Crippen molar-refractivity contribution >= 4 is 17.3 Å². The predicted octanol–water partition coefficient (Wildman–Crippen LogP) is 3.21. The predicted molar refractivity (Wildman–Crippen MR) is 73.4 cm³/mol. The van der Waals surface area contributed by atoms with E-state index >= 15 is 0 Å². The van der Waals surface area contributed by atoms with E-state index in [4.69, 9.17) is 14.6 Å². The molecule has 0 unspecified atom stereocenters. The number of carboxylic acid groups (broad SMARTS) is 1. The normalized spacial score (nSPS) is 10.2. The van der Waals surface area contributed by atoms with Gasteiger partial charge in [-0.3, -0.25) is 0 Å². The van der Waals surface area contributed by atoms with Gasteiger partial charge in [-0.2, -0.15) is 0 Å². The number of aromatic carboxylic acids is 1. The van der Waals surface area contributed by atoms with Gasteiger partial charge in [-0.15, -0.1) is 11.3 Å². The minimum Gasteiger partial charge on any atom is -0.490 e. The first-order valence-corrected chi connectivity index (χ1v) is 6.68. The molecule has 0 saturated carbocycles. The third kappa shape index (κ3) is 3.72. The van der Waals surface area contributed by atoms with Gasteiger partial charge in [0.2, 0.25) is 0 Å². The molecule has 0 atom stereocenters. The van der Waals surface area contributed by atoms with Gasteiger partial charge < -0.3 is 14.6 Å². The third-order valence-corrected chi connectivity index (χ3v) is 3.34. The molecule has 0 aliphatic carbocycles. The topological polar surface area (TPSA) is 55.8 Å². The number of hydrogen-bond acceptors (Lipinski definition) is 4. The van der Waals surface area contributed by atoms with Crippen molar-refractivity contribution in [2.45, 2.75) is 6.92 Å². The number of ether oxygens (including phenoxy) is 2. The molecule has 4 nitrogen and oxygen atoms in total. The van der Waals surface area contributed by atoms with Crippen LogP contribution in [0.15, 0.2) is 35.7 Å². The average molecular weight is 278 g/mol. The van der Waals surface area contributed by atoms with Crippen LogP contribution in [0.25, 0.3) is 0 Å². The van der Waals surface area contributed by atoms with Crippen molar-refractivity contribution in [1.82, 2.24) is 0 Å². The lowest BCUT2D eigenvalue weighted by Gasteiger charge is -2.08. The van der Waals surface area contributed by atoms with Gasteiger partial charge in [-0.05, 0) is 30.5 Å². The van der Waals surface area contributed by atoms with Crippen molar-refractivity contribution in [3.8, 4) is 11.5 Å². The summed E-state index contributed by atoms with van der Waals surface area (Å²) in [7, 11) is 0. The zero-order valence-corrected chi connectivity index (χ0v) is 11.3. The summed E-state index contributed by atoms with van der Waals surface area (Å²) in [6, 6.07) is 9.38. The highest BCUT2D eigenvalue weighted by Gasteiger charge is 2.12. The van der Waals surface area contributed by atoms with E-state index in [-0.39, 0.29) is 4.88 Å². The summed E-state index contributed by atoms with van der Waals surface area (Å²) >= 11 is 1.15. The first kappa shape index (κ1) is 13.4. The van der Waals surface area contributed by atoms with E-state index in [0.29, 0.717) is 19.0 Å². The molecular weight excluding hydrogens is 264 g/mol. The van der Waals surface area contributed by atoms with E-state index < -0.39 is 5.97 Å². The van der Waals surface area contributed by atoms with Crippen molar-refractivity contribution < 1.29 is 19.4 Å². The van der Waals surface area contributed by atoms with Gasteiger partial charge >= 0.3 is 5.97 Å². The van der Waals surface area contributed by atoms with Crippen molar-refractivity contribution in [2.24, 2.45) is 0 Å². The molecule has 0 amide bonds. The molecule has 0 bridgehead atoms. The quantitative estimate of drug-likeness (QED) is 0.824. The average Bonchev–Trinajstić information content (AvgIpc) is 2.85. The van der Waals surface area contributed by atoms with Crippen LogP contribution < -0.4 is 9.47 Å². The van der Waals surface area contributed by atoms with Crippen LogP contribution in [0.3, 0.4) is 0 Å². The molecule has 0 radical (unpaired) electrons. The van der Waals surface area contributed by atoms with Crippen LogP contribution in [-0.2, 0) is 0 Å². The van der Waals surface area contributed by atoms with Gasteiger partial charge in [0.15, 0.2) is 4.88 Å². The Hall–Kier alpha value is -2.01. The van der Waals surface area contributed by atoms with E-state index in [9.17, 15) is 4.79 Å². The van der Waals surface area contributed by atoms with Crippen molar-refractivity contribution in [2.75, 3.05) is 13.2 Å². The zero-order valence-electron chi connectivity index (χ0n) is 10.5. The Kier molecular flexibility index (Phi) is 4.41.